The van der Waals surface area contributed by atoms with Crippen LogP contribution in [0.15, 0.2) is 46.9 Å². The number of nitrogens with one attached hydrogen (secondary N) is 1. The Morgan fingerprint density at radius 1 is 1.00 bits per heavy atom. The summed E-state index contributed by atoms with van der Waals surface area (Å²) in [5, 5.41) is 5.71. The smallest absolute Gasteiger partial charge is 0.135 e. The van der Waals surface area contributed by atoms with Crippen molar-refractivity contribution < 1.29 is 4.42 Å². The fourth-order valence-electron chi connectivity index (χ4n) is 2.15. The second-order valence-corrected chi connectivity index (χ2v) is 4.21. The Kier molecular flexibility index (Phi) is 2.57. The molecule has 17 heavy (non-hydrogen) atoms. The number of hydrogen-bond donors (Lipinski definition) is 1. The van der Waals surface area contributed by atoms with Crippen LogP contribution in [-0.2, 0) is 6.54 Å². The Balaban J connectivity index is 2.13. The summed E-state index contributed by atoms with van der Waals surface area (Å²) in [6.07, 6.45) is 0. The minimum atomic E-state index is 0.892. The lowest BCUT2D eigenvalue weighted by atomic mass is 10.1. The van der Waals surface area contributed by atoms with Crippen molar-refractivity contribution in [2.75, 3.05) is 6.54 Å². The molecule has 0 atom stereocenters. The predicted molar refractivity (Wildman–Crippen MR) is 71.1 cm³/mol. The van der Waals surface area contributed by atoms with Crippen LogP contribution in [0.1, 0.15) is 12.5 Å². The molecule has 0 unspecified atom stereocenters. The van der Waals surface area contributed by atoms with E-state index in [1.165, 1.54) is 16.3 Å². The number of rotatable bonds is 3. The van der Waals surface area contributed by atoms with Crippen molar-refractivity contribution in [2.24, 2.45) is 0 Å². The molecule has 0 saturated carbocycles. The number of para-hydroxylation sites is 1. The third kappa shape index (κ3) is 1.81. The average molecular weight is 225 g/mol. The fraction of sp³-hybridized carbons (Fsp3) is 0.200. The summed E-state index contributed by atoms with van der Waals surface area (Å²) in [6.45, 7) is 3.99. The van der Waals surface area contributed by atoms with E-state index in [0.717, 1.165) is 24.3 Å². The molecule has 2 heteroatoms. The molecule has 0 saturated heterocycles. The lowest BCUT2D eigenvalue weighted by Gasteiger charge is -2.01. The molecule has 3 aromatic rings. The van der Waals surface area contributed by atoms with Crippen molar-refractivity contribution in [1.82, 2.24) is 5.32 Å². The molecular weight excluding hydrogens is 210 g/mol. The number of furan rings is 1. The molecule has 2 aromatic carbocycles. The number of fused-ring (bicyclic) bond motifs is 3. The average Bonchev–Trinajstić information content (AvgIpc) is 2.74. The van der Waals surface area contributed by atoms with Gasteiger partial charge < -0.3 is 9.73 Å². The van der Waals surface area contributed by atoms with E-state index >= 15 is 0 Å². The molecule has 1 aromatic heterocycles. The first-order valence-electron chi connectivity index (χ1n) is 5.99. The molecule has 3 rings (SSSR count). The van der Waals surface area contributed by atoms with Gasteiger partial charge in [-0.25, -0.2) is 0 Å². The Bertz CT molecular complexity index is 654. The van der Waals surface area contributed by atoms with Gasteiger partial charge in [-0.3, -0.25) is 0 Å². The minimum absolute atomic E-state index is 0.892. The molecule has 0 radical (unpaired) electrons. The van der Waals surface area contributed by atoms with Gasteiger partial charge in [0, 0.05) is 17.3 Å². The van der Waals surface area contributed by atoms with Gasteiger partial charge in [-0.1, -0.05) is 37.3 Å². The van der Waals surface area contributed by atoms with Crippen LogP contribution in [-0.4, -0.2) is 6.54 Å². The van der Waals surface area contributed by atoms with Crippen LogP contribution in [0.3, 0.4) is 0 Å². The predicted octanol–water partition coefficient (Wildman–Crippen LogP) is 3.70. The molecule has 0 spiro atoms. The van der Waals surface area contributed by atoms with E-state index in [0.29, 0.717) is 0 Å². The van der Waals surface area contributed by atoms with Crippen LogP contribution in [0.5, 0.6) is 0 Å². The zero-order valence-corrected chi connectivity index (χ0v) is 9.86. The maximum atomic E-state index is 5.85. The molecule has 2 nitrogen and oxygen atoms in total. The van der Waals surface area contributed by atoms with E-state index in [2.05, 4.69) is 36.5 Å². The zero-order chi connectivity index (χ0) is 11.7. The van der Waals surface area contributed by atoms with E-state index in [1.54, 1.807) is 0 Å². The monoisotopic (exact) mass is 225 g/mol. The Morgan fingerprint density at radius 2 is 1.82 bits per heavy atom. The highest BCUT2D eigenvalue weighted by atomic mass is 16.3. The Labute approximate surface area is 100 Å². The quantitative estimate of drug-likeness (QED) is 0.735. The first-order chi connectivity index (χ1) is 8.38. The lowest BCUT2D eigenvalue weighted by molar-refractivity contribution is 0.666. The van der Waals surface area contributed by atoms with Crippen molar-refractivity contribution in [3.8, 4) is 0 Å². The van der Waals surface area contributed by atoms with Gasteiger partial charge in [0.1, 0.15) is 11.2 Å². The van der Waals surface area contributed by atoms with E-state index in [9.17, 15) is 0 Å². The molecule has 0 fully saturated rings. The van der Waals surface area contributed by atoms with Crippen LogP contribution in [0.2, 0.25) is 0 Å². The summed E-state index contributed by atoms with van der Waals surface area (Å²) in [4.78, 5) is 0. The maximum absolute atomic E-state index is 5.85. The number of benzene rings is 2. The van der Waals surface area contributed by atoms with E-state index in [1.807, 2.05) is 18.2 Å². The third-order valence-electron chi connectivity index (χ3n) is 3.02. The van der Waals surface area contributed by atoms with Crippen molar-refractivity contribution >= 4 is 21.9 Å². The van der Waals surface area contributed by atoms with Gasteiger partial charge in [0.05, 0.1) is 0 Å². The van der Waals surface area contributed by atoms with Crippen LogP contribution < -0.4 is 5.32 Å². The first kappa shape index (κ1) is 10.4. The molecule has 1 N–H and O–H groups in total. The maximum Gasteiger partial charge on any atom is 0.135 e. The second kappa shape index (κ2) is 4.22. The third-order valence-corrected chi connectivity index (χ3v) is 3.02. The van der Waals surface area contributed by atoms with Gasteiger partial charge in [0.25, 0.3) is 0 Å². The summed E-state index contributed by atoms with van der Waals surface area (Å²) in [5.74, 6) is 0. The first-order valence-corrected chi connectivity index (χ1v) is 5.99. The van der Waals surface area contributed by atoms with Gasteiger partial charge >= 0.3 is 0 Å². The highest BCUT2D eigenvalue weighted by Crippen LogP contribution is 2.28. The molecule has 0 aliphatic rings. The summed E-state index contributed by atoms with van der Waals surface area (Å²) < 4.78 is 5.85. The lowest BCUT2D eigenvalue weighted by Crippen LogP contribution is -2.11. The largest absolute Gasteiger partial charge is 0.456 e. The van der Waals surface area contributed by atoms with Crippen molar-refractivity contribution in [1.29, 1.82) is 0 Å². The zero-order valence-electron chi connectivity index (χ0n) is 9.86. The highest BCUT2D eigenvalue weighted by molar-refractivity contribution is 6.04. The van der Waals surface area contributed by atoms with E-state index in [-0.39, 0.29) is 0 Å². The molecule has 86 valence electrons. The summed E-state index contributed by atoms with van der Waals surface area (Å²) in [6, 6.07) is 14.6. The SMILES string of the molecule is CCNCc1ccc2c(c1)oc1ccccc12. The second-order valence-electron chi connectivity index (χ2n) is 4.21. The van der Waals surface area contributed by atoms with E-state index in [4.69, 9.17) is 4.42 Å². The van der Waals surface area contributed by atoms with Crippen molar-refractivity contribution in [3.63, 3.8) is 0 Å². The van der Waals surface area contributed by atoms with Gasteiger partial charge in [-0.2, -0.15) is 0 Å². The molecular formula is C15H15NO. The van der Waals surface area contributed by atoms with Crippen LogP contribution in [0, 0.1) is 0 Å². The standard InChI is InChI=1S/C15H15NO/c1-2-16-10-11-7-8-13-12-5-3-4-6-14(12)17-15(13)9-11/h3-9,16H,2,10H2,1H3. The molecule has 0 bridgehead atoms. The van der Waals surface area contributed by atoms with Crippen LogP contribution in [0.25, 0.3) is 21.9 Å². The topological polar surface area (TPSA) is 25.2 Å². The van der Waals surface area contributed by atoms with Gasteiger partial charge in [0.15, 0.2) is 0 Å². The molecule has 0 amide bonds. The van der Waals surface area contributed by atoms with Gasteiger partial charge in [-0.05, 0) is 24.2 Å². The van der Waals surface area contributed by atoms with Crippen molar-refractivity contribution in [3.05, 3.63) is 48.0 Å². The summed E-state index contributed by atoms with van der Waals surface area (Å²) >= 11 is 0. The Morgan fingerprint density at radius 3 is 2.71 bits per heavy atom. The fourth-order valence-corrected chi connectivity index (χ4v) is 2.15. The van der Waals surface area contributed by atoms with Gasteiger partial charge in [0.2, 0.25) is 0 Å². The Hall–Kier alpha value is -1.80. The minimum Gasteiger partial charge on any atom is -0.456 e. The van der Waals surface area contributed by atoms with E-state index < -0.39 is 0 Å². The summed E-state index contributed by atoms with van der Waals surface area (Å²) in [5.41, 5.74) is 3.20. The van der Waals surface area contributed by atoms with Crippen LogP contribution >= 0.6 is 0 Å². The van der Waals surface area contributed by atoms with Crippen LogP contribution in [0.4, 0.5) is 0 Å². The highest BCUT2D eigenvalue weighted by Gasteiger charge is 2.06. The molecule has 0 aliphatic heterocycles. The van der Waals surface area contributed by atoms with Gasteiger partial charge in [-0.15, -0.1) is 0 Å². The van der Waals surface area contributed by atoms with Crippen molar-refractivity contribution in [2.45, 2.75) is 13.5 Å². The molecule has 1 heterocycles. The normalized spacial score (nSPS) is 11.4. The molecule has 0 aliphatic carbocycles. The number of hydrogen-bond acceptors (Lipinski definition) is 2. The summed E-state index contributed by atoms with van der Waals surface area (Å²) in [7, 11) is 0.